The van der Waals surface area contributed by atoms with Crippen molar-refractivity contribution in [2.45, 2.75) is 87.5 Å². The van der Waals surface area contributed by atoms with Gasteiger partial charge in [-0.05, 0) is 76.1 Å². The predicted molar refractivity (Wildman–Crippen MR) is 159 cm³/mol. The highest BCUT2D eigenvalue weighted by atomic mass is 35.5. The Kier molecular flexibility index (Phi) is 8.61. The molecule has 3 aliphatic rings. The average Bonchev–Trinajstić information content (AvgIpc) is 3.70. The third kappa shape index (κ3) is 5.92. The lowest BCUT2D eigenvalue weighted by Gasteiger charge is -2.41. The molecular weight excluding hydrogens is 615 g/mol. The fourth-order valence-electron chi connectivity index (χ4n) is 5.90. The number of hydrogen-bond acceptors (Lipinski definition) is 12. The van der Waals surface area contributed by atoms with Gasteiger partial charge in [-0.25, -0.2) is 19.5 Å². The molecule has 1 saturated heterocycles. The predicted octanol–water partition coefficient (Wildman–Crippen LogP) is 3.73. The van der Waals surface area contributed by atoms with Gasteiger partial charge in [0.25, 0.3) is 0 Å². The van der Waals surface area contributed by atoms with Crippen LogP contribution >= 0.6 is 19.3 Å². The number of imidazole rings is 1. The van der Waals surface area contributed by atoms with E-state index in [1.54, 1.807) is 19.2 Å². The first-order valence-electron chi connectivity index (χ1n) is 14.6. The second-order valence-electron chi connectivity index (χ2n) is 11.7. The molecule has 3 heterocycles. The monoisotopic (exact) mass is 650 g/mol. The van der Waals surface area contributed by atoms with Crippen molar-refractivity contribution >= 4 is 42.3 Å². The van der Waals surface area contributed by atoms with Gasteiger partial charge in [0.1, 0.15) is 47.0 Å². The second-order valence-corrected chi connectivity index (χ2v) is 13.8. The number of fused-ring (bicyclic) bond motifs is 1. The van der Waals surface area contributed by atoms with Gasteiger partial charge in [0.15, 0.2) is 17.7 Å². The first-order valence-corrected chi connectivity index (χ1v) is 16.6. The summed E-state index contributed by atoms with van der Waals surface area (Å²) in [6.07, 6.45) is 3.94. The van der Waals surface area contributed by atoms with E-state index < -0.39 is 49.9 Å². The van der Waals surface area contributed by atoms with Gasteiger partial charge in [-0.15, -0.1) is 0 Å². The first-order chi connectivity index (χ1) is 21.0. The van der Waals surface area contributed by atoms with Crippen LogP contribution in [0.3, 0.4) is 0 Å². The number of esters is 1. The van der Waals surface area contributed by atoms with Crippen LogP contribution < -0.4 is 14.9 Å². The zero-order valence-corrected chi connectivity index (χ0v) is 26.0. The Hall–Kier alpha value is -2.84. The summed E-state index contributed by atoms with van der Waals surface area (Å²) in [6.45, 7) is 0.960. The Bertz CT molecular complexity index is 1540. The molecule has 2 aromatic heterocycles. The number of aliphatic hydroxyl groups is 2. The maximum Gasteiger partial charge on any atom is 0.459 e. The number of benzene rings is 1. The minimum absolute atomic E-state index is 0.172. The lowest BCUT2D eigenvalue weighted by molar-refractivity contribution is -0.160. The Morgan fingerprint density at radius 1 is 1.18 bits per heavy atom. The SMILES string of the molecule is CNc1ncnc2c1ncn2C1OC(COP(=O)(NC2(C(=O)OC3CCCC3)CCC2)Oc2ccc(Cl)cc2)[C@@H](O)[C@@]1(C)O. The Labute approximate surface area is 259 Å². The molecule has 6 rings (SSSR count). The second kappa shape index (κ2) is 12.2. The molecule has 0 amide bonds. The van der Waals surface area contributed by atoms with E-state index in [9.17, 15) is 19.6 Å². The van der Waals surface area contributed by atoms with Gasteiger partial charge in [-0.3, -0.25) is 13.9 Å². The van der Waals surface area contributed by atoms with Crippen LogP contribution in [0, 0.1) is 0 Å². The number of ether oxygens (including phenoxy) is 2. The Morgan fingerprint density at radius 3 is 2.57 bits per heavy atom. The van der Waals surface area contributed by atoms with Crippen LogP contribution in [0.25, 0.3) is 11.2 Å². The molecule has 16 heteroatoms. The van der Waals surface area contributed by atoms with E-state index >= 15 is 0 Å². The van der Waals surface area contributed by atoms with Gasteiger partial charge in [0, 0.05) is 12.1 Å². The quantitative estimate of drug-likeness (QED) is 0.174. The molecule has 0 bridgehead atoms. The summed E-state index contributed by atoms with van der Waals surface area (Å²) in [5, 5.41) is 28.8. The minimum Gasteiger partial charge on any atom is -0.461 e. The first kappa shape index (κ1) is 31.2. The number of rotatable bonds is 11. The maximum atomic E-state index is 14.4. The van der Waals surface area contributed by atoms with Gasteiger partial charge in [0.2, 0.25) is 0 Å². The molecular formula is C28H36ClN6O8P. The number of hydrogen-bond donors (Lipinski definition) is 4. The summed E-state index contributed by atoms with van der Waals surface area (Å²) < 4.78 is 39.5. The lowest BCUT2D eigenvalue weighted by Crippen LogP contribution is -2.57. The van der Waals surface area contributed by atoms with Crippen LogP contribution in [-0.2, 0) is 23.4 Å². The molecule has 2 aliphatic carbocycles. The molecule has 2 saturated carbocycles. The third-order valence-electron chi connectivity index (χ3n) is 8.58. The normalized spacial score (nSPS) is 28.0. The van der Waals surface area contributed by atoms with Crippen molar-refractivity contribution in [3.05, 3.63) is 41.9 Å². The summed E-state index contributed by atoms with van der Waals surface area (Å²) in [5.41, 5.74) is -2.26. The van der Waals surface area contributed by atoms with E-state index in [1.807, 2.05) is 0 Å². The van der Waals surface area contributed by atoms with Crippen molar-refractivity contribution in [3.8, 4) is 5.75 Å². The number of carbonyl (C=O) groups excluding carboxylic acids is 1. The fraction of sp³-hybridized carbons (Fsp3) is 0.571. The number of anilines is 1. The highest BCUT2D eigenvalue weighted by Crippen LogP contribution is 2.52. The number of carbonyl (C=O) groups is 1. The number of aliphatic hydroxyl groups excluding tert-OH is 1. The molecule has 238 valence electrons. The van der Waals surface area contributed by atoms with Crippen molar-refractivity contribution in [3.63, 3.8) is 0 Å². The standard InChI is InChI=1S/C28H36ClN6O8P/c1-27(38)22(36)20(42-25(27)35-16-33-21-23(30-2)31-15-32-24(21)35)14-40-44(39,43-19-10-8-17(29)9-11-19)34-28(12-5-13-28)26(37)41-18-6-3-4-7-18/h8-11,15-16,18,20,22,25,36,38H,3-7,12-14H2,1-2H3,(H,34,39)(H,30,31,32)/t20?,22-,25?,27-,44?/m1/s1. The zero-order valence-electron chi connectivity index (χ0n) is 24.4. The smallest absolute Gasteiger partial charge is 0.459 e. The van der Waals surface area contributed by atoms with Crippen LogP contribution in [0.5, 0.6) is 5.75 Å². The molecule has 3 unspecified atom stereocenters. The molecule has 1 aromatic carbocycles. The number of aromatic nitrogens is 4. The van der Waals surface area contributed by atoms with E-state index in [1.165, 1.54) is 36.3 Å². The molecule has 3 aromatic rings. The van der Waals surface area contributed by atoms with Crippen molar-refractivity contribution in [1.29, 1.82) is 0 Å². The van der Waals surface area contributed by atoms with E-state index in [-0.39, 0.29) is 11.9 Å². The molecule has 1 aliphatic heterocycles. The van der Waals surface area contributed by atoms with Gasteiger partial charge in [-0.1, -0.05) is 11.6 Å². The van der Waals surface area contributed by atoms with Gasteiger partial charge >= 0.3 is 13.7 Å². The van der Waals surface area contributed by atoms with Gasteiger partial charge < -0.3 is 29.5 Å². The molecule has 14 nitrogen and oxygen atoms in total. The van der Waals surface area contributed by atoms with Crippen LogP contribution in [0.4, 0.5) is 5.82 Å². The highest BCUT2D eigenvalue weighted by Gasteiger charge is 2.56. The van der Waals surface area contributed by atoms with Crippen molar-refractivity contribution in [2.24, 2.45) is 0 Å². The number of nitrogens with zero attached hydrogens (tertiary/aromatic N) is 4. The van der Waals surface area contributed by atoms with Gasteiger partial charge in [0.05, 0.1) is 12.9 Å². The van der Waals surface area contributed by atoms with E-state index in [0.29, 0.717) is 34.8 Å². The number of halogens is 1. The van der Waals surface area contributed by atoms with E-state index in [2.05, 4.69) is 25.4 Å². The molecule has 44 heavy (non-hydrogen) atoms. The molecule has 3 fully saturated rings. The van der Waals surface area contributed by atoms with Gasteiger partial charge in [-0.2, -0.15) is 5.09 Å². The summed E-state index contributed by atoms with van der Waals surface area (Å²) in [5.74, 6) is 0.176. The topological polar surface area (TPSA) is 179 Å². The third-order valence-corrected chi connectivity index (χ3v) is 10.5. The number of nitrogens with one attached hydrogen (secondary N) is 2. The van der Waals surface area contributed by atoms with Crippen molar-refractivity contribution in [1.82, 2.24) is 24.6 Å². The van der Waals surface area contributed by atoms with Crippen molar-refractivity contribution in [2.75, 3.05) is 19.0 Å². The van der Waals surface area contributed by atoms with E-state index in [4.69, 9.17) is 30.1 Å². The molecule has 0 spiro atoms. The zero-order chi connectivity index (χ0) is 31.1. The summed E-state index contributed by atoms with van der Waals surface area (Å²) >= 11 is 6.02. The van der Waals surface area contributed by atoms with Crippen LogP contribution in [0.15, 0.2) is 36.9 Å². The fourth-order valence-corrected chi connectivity index (χ4v) is 7.77. The average molecular weight is 651 g/mol. The molecule has 5 atom stereocenters. The Balaban J connectivity index is 1.23. The minimum atomic E-state index is -4.31. The van der Waals surface area contributed by atoms with Crippen molar-refractivity contribution < 1.29 is 38.1 Å². The summed E-state index contributed by atoms with van der Waals surface area (Å²) in [4.78, 5) is 26.1. The maximum absolute atomic E-state index is 14.4. The van der Waals surface area contributed by atoms with Crippen LogP contribution in [0.2, 0.25) is 5.02 Å². The highest BCUT2D eigenvalue weighted by molar-refractivity contribution is 7.52. The largest absolute Gasteiger partial charge is 0.461 e. The summed E-state index contributed by atoms with van der Waals surface area (Å²) in [7, 11) is -2.61. The molecule has 0 radical (unpaired) electrons. The Morgan fingerprint density at radius 2 is 1.91 bits per heavy atom. The van der Waals surface area contributed by atoms with Crippen LogP contribution in [0.1, 0.15) is 58.1 Å². The molecule has 4 N–H and O–H groups in total. The van der Waals surface area contributed by atoms with Crippen LogP contribution in [-0.4, -0.2) is 78.8 Å². The summed E-state index contributed by atoms with van der Waals surface area (Å²) in [6, 6.07) is 6.19. The lowest BCUT2D eigenvalue weighted by atomic mass is 9.78. The van der Waals surface area contributed by atoms with E-state index in [0.717, 1.165) is 32.1 Å².